The van der Waals surface area contributed by atoms with E-state index in [1.165, 1.54) is 15.1 Å². The van der Waals surface area contributed by atoms with Crippen LogP contribution in [0.1, 0.15) is 10.5 Å². The second kappa shape index (κ2) is 4.78. The number of fused-ring (bicyclic) bond motifs is 2. The number of sulfonamides is 1. The van der Waals surface area contributed by atoms with Crippen molar-refractivity contribution in [3.05, 3.63) is 11.8 Å². The minimum absolute atomic E-state index is 0.116. The summed E-state index contributed by atoms with van der Waals surface area (Å²) < 4.78 is 27.3. The molecule has 8 nitrogen and oxygen atoms in total. The number of likely N-dealkylation sites (N-methyl/N-ethyl adjacent to an activating group) is 1. The van der Waals surface area contributed by atoms with Crippen molar-refractivity contribution in [2.45, 2.75) is 17.6 Å². The van der Waals surface area contributed by atoms with Crippen LogP contribution in [0.25, 0.3) is 0 Å². The maximum absolute atomic E-state index is 12.6. The number of hydrogen-bond acceptors (Lipinski definition) is 5. The van der Waals surface area contributed by atoms with E-state index < -0.39 is 10.0 Å². The summed E-state index contributed by atoms with van der Waals surface area (Å²) >= 11 is 0. The van der Waals surface area contributed by atoms with Gasteiger partial charge < -0.3 is 9.80 Å². The van der Waals surface area contributed by atoms with E-state index in [2.05, 4.69) is 24.1 Å². The molecule has 1 aromatic heterocycles. The zero-order chi connectivity index (χ0) is 16.5. The maximum Gasteiger partial charge on any atom is 0.274 e. The number of carbonyl (C=O) groups excluding carboxylic acids is 1. The molecule has 1 aromatic rings. The molecule has 1 aliphatic carbocycles. The van der Waals surface area contributed by atoms with Gasteiger partial charge in [0.2, 0.25) is 0 Å². The Kier molecular flexibility index (Phi) is 3.14. The minimum Gasteiger partial charge on any atom is -0.337 e. The molecule has 126 valence electrons. The summed E-state index contributed by atoms with van der Waals surface area (Å²) in [7, 11) is 2.16. The molecule has 0 bridgehead atoms. The quantitative estimate of drug-likeness (QED) is 0.701. The predicted octanol–water partition coefficient (Wildman–Crippen LogP) is -0.851. The van der Waals surface area contributed by atoms with Crippen molar-refractivity contribution in [3.63, 3.8) is 0 Å². The molecule has 2 fully saturated rings. The number of rotatable bonds is 2. The van der Waals surface area contributed by atoms with Crippen molar-refractivity contribution in [2.24, 2.45) is 11.8 Å². The molecule has 23 heavy (non-hydrogen) atoms. The van der Waals surface area contributed by atoms with Crippen LogP contribution in [0.15, 0.2) is 11.1 Å². The summed E-state index contributed by atoms with van der Waals surface area (Å²) in [5.74, 6) is 0.927. The molecule has 0 spiro atoms. The van der Waals surface area contributed by atoms with E-state index >= 15 is 0 Å². The summed E-state index contributed by atoms with van der Waals surface area (Å²) in [6.07, 6.45) is 0. The molecule has 0 radical (unpaired) electrons. The molecule has 1 unspecified atom stereocenters. The lowest BCUT2D eigenvalue weighted by Crippen LogP contribution is -2.37. The highest BCUT2D eigenvalue weighted by atomic mass is 32.2. The van der Waals surface area contributed by atoms with Gasteiger partial charge in [0.1, 0.15) is 0 Å². The van der Waals surface area contributed by atoms with Crippen LogP contribution in [0.5, 0.6) is 0 Å². The number of aromatic nitrogens is 2. The fourth-order valence-electron chi connectivity index (χ4n) is 3.98. The standard InChI is InChI=1S/C14H21N5O3S/c1-16(2)13-9-7-18(8-10(9)13)14(20)11-6-12-19(15-11)5-4-17(3)23(12,21)22/h6,9-10,13H,4-5,7-8H2,1-3H3/t9-,10+,13?. The van der Waals surface area contributed by atoms with E-state index in [-0.39, 0.29) is 16.6 Å². The lowest BCUT2D eigenvalue weighted by molar-refractivity contribution is 0.0755. The van der Waals surface area contributed by atoms with Gasteiger partial charge in [-0.25, -0.2) is 8.42 Å². The zero-order valence-corrected chi connectivity index (χ0v) is 14.3. The van der Waals surface area contributed by atoms with Gasteiger partial charge in [0.05, 0.1) is 6.54 Å². The van der Waals surface area contributed by atoms with Gasteiger partial charge in [0.25, 0.3) is 15.9 Å². The second-order valence-electron chi connectivity index (χ2n) is 6.91. The van der Waals surface area contributed by atoms with Crippen molar-refractivity contribution >= 4 is 15.9 Å². The Hall–Kier alpha value is -1.45. The van der Waals surface area contributed by atoms with Crippen LogP contribution in [-0.4, -0.2) is 85.0 Å². The molecule has 9 heteroatoms. The highest BCUT2D eigenvalue weighted by molar-refractivity contribution is 7.89. The normalized spacial score (nSPS) is 32.0. The van der Waals surface area contributed by atoms with Crippen LogP contribution in [0, 0.1) is 11.8 Å². The monoisotopic (exact) mass is 339 g/mol. The molecule has 3 heterocycles. The number of carbonyl (C=O) groups is 1. The van der Waals surface area contributed by atoms with E-state index in [1.807, 2.05) is 0 Å². The number of likely N-dealkylation sites (tertiary alicyclic amines) is 1. The largest absolute Gasteiger partial charge is 0.337 e. The van der Waals surface area contributed by atoms with Gasteiger partial charge in [0, 0.05) is 38.8 Å². The summed E-state index contributed by atoms with van der Waals surface area (Å²) in [5, 5.41) is 4.34. The second-order valence-corrected chi connectivity index (χ2v) is 8.90. The lowest BCUT2D eigenvalue weighted by Gasteiger charge is -2.22. The molecule has 3 atom stereocenters. The highest BCUT2D eigenvalue weighted by Gasteiger charge is 2.57. The Labute approximate surface area is 135 Å². The number of nitrogens with zero attached hydrogens (tertiary/aromatic N) is 5. The van der Waals surface area contributed by atoms with Gasteiger partial charge in [-0.15, -0.1) is 0 Å². The highest BCUT2D eigenvalue weighted by Crippen LogP contribution is 2.48. The van der Waals surface area contributed by atoms with E-state index in [0.717, 1.165) is 13.1 Å². The SMILES string of the molecule is CN(C)C1[C@H]2CN(C(=O)c3cc4n(n3)CCN(C)S4(=O)=O)C[C@@H]12. The summed E-state index contributed by atoms with van der Waals surface area (Å²) in [5.41, 5.74) is 0.238. The van der Waals surface area contributed by atoms with E-state index in [9.17, 15) is 13.2 Å². The van der Waals surface area contributed by atoms with Crippen LogP contribution in [0.4, 0.5) is 0 Å². The van der Waals surface area contributed by atoms with Crippen molar-refractivity contribution in [3.8, 4) is 0 Å². The smallest absolute Gasteiger partial charge is 0.274 e. The Bertz CT molecular complexity index is 759. The average molecular weight is 339 g/mol. The van der Waals surface area contributed by atoms with E-state index in [0.29, 0.717) is 31.0 Å². The summed E-state index contributed by atoms with van der Waals surface area (Å²) in [4.78, 5) is 16.7. The third-order valence-electron chi connectivity index (χ3n) is 5.30. The van der Waals surface area contributed by atoms with Gasteiger partial charge >= 0.3 is 0 Å². The van der Waals surface area contributed by atoms with E-state index in [4.69, 9.17) is 0 Å². The third kappa shape index (κ3) is 2.14. The first kappa shape index (κ1) is 15.1. The minimum atomic E-state index is -3.52. The topological polar surface area (TPSA) is 78.8 Å². The third-order valence-corrected chi connectivity index (χ3v) is 7.16. The first-order chi connectivity index (χ1) is 10.8. The van der Waals surface area contributed by atoms with Crippen molar-refractivity contribution in [1.29, 1.82) is 0 Å². The van der Waals surface area contributed by atoms with Crippen LogP contribution in [0.2, 0.25) is 0 Å². The number of piperidine rings is 1. The van der Waals surface area contributed by atoms with Crippen LogP contribution >= 0.6 is 0 Å². The van der Waals surface area contributed by atoms with E-state index in [1.54, 1.807) is 11.9 Å². The molecule has 1 saturated heterocycles. The van der Waals surface area contributed by atoms with Crippen LogP contribution in [-0.2, 0) is 16.6 Å². The number of hydrogen-bond donors (Lipinski definition) is 0. The number of amides is 1. The maximum atomic E-state index is 12.6. The Morgan fingerprint density at radius 2 is 1.91 bits per heavy atom. The molecular formula is C14H21N5O3S. The molecule has 4 rings (SSSR count). The van der Waals surface area contributed by atoms with Gasteiger partial charge in [0.15, 0.2) is 10.7 Å². The first-order valence-corrected chi connectivity index (χ1v) is 9.24. The van der Waals surface area contributed by atoms with Crippen LogP contribution < -0.4 is 0 Å². The lowest BCUT2D eigenvalue weighted by atomic mass is 10.3. The van der Waals surface area contributed by atoms with Gasteiger partial charge in [-0.2, -0.15) is 9.40 Å². The predicted molar refractivity (Wildman–Crippen MR) is 82.4 cm³/mol. The molecular weight excluding hydrogens is 318 g/mol. The molecule has 1 saturated carbocycles. The Morgan fingerprint density at radius 1 is 1.26 bits per heavy atom. The average Bonchev–Trinajstić information content (AvgIpc) is 2.88. The molecule has 2 aliphatic heterocycles. The fraction of sp³-hybridized carbons (Fsp3) is 0.714. The van der Waals surface area contributed by atoms with Gasteiger partial charge in [-0.1, -0.05) is 0 Å². The molecule has 1 amide bonds. The van der Waals surface area contributed by atoms with Crippen molar-refractivity contribution in [1.82, 2.24) is 23.9 Å². The summed E-state index contributed by atoms with van der Waals surface area (Å²) in [6, 6.07) is 1.99. The zero-order valence-electron chi connectivity index (χ0n) is 13.5. The summed E-state index contributed by atoms with van der Waals surface area (Å²) in [6.45, 7) is 2.33. The molecule has 0 N–H and O–H groups in total. The van der Waals surface area contributed by atoms with Gasteiger partial charge in [-0.3, -0.25) is 9.48 Å². The van der Waals surface area contributed by atoms with Crippen molar-refractivity contribution in [2.75, 3.05) is 40.8 Å². The van der Waals surface area contributed by atoms with Crippen molar-refractivity contribution < 1.29 is 13.2 Å². The molecule has 0 aromatic carbocycles. The van der Waals surface area contributed by atoms with Gasteiger partial charge in [-0.05, 0) is 25.9 Å². The molecule has 3 aliphatic rings. The Balaban J connectivity index is 1.54. The van der Waals surface area contributed by atoms with Crippen LogP contribution in [0.3, 0.4) is 0 Å². The first-order valence-electron chi connectivity index (χ1n) is 7.80. The fourth-order valence-corrected chi connectivity index (χ4v) is 5.28. The Morgan fingerprint density at radius 3 is 2.52 bits per heavy atom.